The van der Waals surface area contributed by atoms with Crippen LogP contribution in [0.2, 0.25) is 0 Å². The maximum Gasteiger partial charge on any atom is 0.410 e. The Bertz CT molecular complexity index is 541. The van der Waals surface area contributed by atoms with Crippen LogP contribution in [-0.2, 0) is 20.9 Å². The van der Waals surface area contributed by atoms with Crippen LogP contribution in [0.5, 0.6) is 0 Å². The van der Waals surface area contributed by atoms with E-state index in [0.717, 1.165) is 18.4 Å². The van der Waals surface area contributed by atoms with Crippen molar-refractivity contribution in [3.8, 4) is 0 Å². The van der Waals surface area contributed by atoms with Gasteiger partial charge in [0.2, 0.25) is 0 Å². The van der Waals surface area contributed by atoms with Crippen molar-refractivity contribution in [2.75, 3.05) is 19.7 Å². The molecule has 1 aromatic rings. The summed E-state index contributed by atoms with van der Waals surface area (Å²) in [5.41, 5.74) is 0.969. The van der Waals surface area contributed by atoms with Gasteiger partial charge in [-0.1, -0.05) is 36.4 Å². The topological polar surface area (TPSA) is 55.8 Å². The van der Waals surface area contributed by atoms with Crippen LogP contribution in [-0.4, -0.2) is 36.7 Å². The average Bonchev–Trinajstić information content (AvgIpc) is 2.59. The minimum atomic E-state index is -0.337. The molecule has 0 radical (unpaired) electrons. The highest BCUT2D eigenvalue weighted by Crippen LogP contribution is 2.18. The number of likely N-dealkylation sites (tertiary alicyclic amines) is 1. The van der Waals surface area contributed by atoms with E-state index in [1.165, 1.54) is 6.08 Å². The first-order valence-electron chi connectivity index (χ1n) is 7.99. The number of nitrogens with zero attached hydrogens (tertiary/aromatic N) is 1. The van der Waals surface area contributed by atoms with E-state index in [1.807, 2.05) is 36.4 Å². The summed E-state index contributed by atoms with van der Waals surface area (Å²) in [6.45, 7) is 3.68. The molecule has 0 N–H and O–H groups in total. The quantitative estimate of drug-likeness (QED) is 0.618. The molecule has 1 heterocycles. The second-order valence-corrected chi connectivity index (χ2v) is 5.50. The Balaban J connectivity index is 1.80. The van der Waals surface area contributed by atoms with Crippen LogP contribution in [0.1, 0.15) is 25.3 Å². The van der Waals surface area contributed by atoms with Crippen molar-refractivity contribution in [1.29, 1.82) is 0 Å². The molecule has 1 amide bonds. The number of carbonyl (C=O) groups excluding carboxylic acids is 2. The van der Waals surface area contributed by atoms with Crippen LogP contribution < -0.4 is 0 Å². The molecule has 1 fully saturated rings. The molecule has 1 atom stereocenters. The highest BCUT2D eigenvalue weighted by Gasteiger charge is 2.23. The molecule has 5 heteroatoms. The molecule has 0 aromatic heterocycles. The van der Waals surface area contributed by atoms with E-state index < -0.39 is 0 Å². The zero-order chi connectivity index (χ0) is 16.5. The molecule has 0 bridgehead atoms. The lowest BCUT2D eigenvalue weighted by atomic mass is 9.98. The smallest absolute Gasteiger partial charge is 0.410 e. The molecule has 0 spiro atoms. The van der Waals surface area contributed by atoms with Crippen molar-refractivity contribution in [2.45, 2.75) is 26.4 Å². The molecule has 5 nitrogen and oxygen atoms in total. The van der Waals surface area contributed by atoms with E-state index in [0.29, 0.717) is 19.7 Å². The summed E-state index contributed by atoms with van der Waals surface area (Å²) in [5.74, 6) is -0.172. The second-order valence-electron chi connectivity index (χ2n) is 5.50. The number of ether oxygens (including phenoxy) is 2. The lowest BCUT2D eigenvalue weighted by Crippen LogP contribution is -2.39. The summed E-state index contributed by atoms with van der Waals surface area (Å²) < 4.78 is 10.2. The fourth-order valence-electron chi connectivity index (χ4n) is 2.55. The van der Waals surface area contributed by atoms with E-state index in [1.54, 1.807) is 11.8 Å². The first-order chi connectivity index (χ1) is 11.2. The van der Waals surface area contributed by atoms with E-state index >= 15 is 0 Å². The van der Waals surface area contributed by atoms with Gasteiger partial charge in [-0.3, -0.25) is 0 Å². The zero-order valence-electron chi connectivity index (χ0n) is 13.4. The third kappa shape index (κ3) is 5.77. The molecule has 124 valence electrons. The van der Waals surface area contributed by atoms with Gasteiger partial charge in [0, 0.05) is 19.2 Å². The normalized spacial score (nSPS) is 18.0. The monoisotopic (exact) mass is 317 g/mol. The molecule has 2 rings (SSSR count). The van der Waals surface area contributed by atoms with Crippen molar-refractivity contribution in [2.24, 2.45) is 5.92 Å². The molecule has 1 aliphatic heterocycles. The van der Waals surface area contributed by atoms with Crippen molar-refractivity contribution < 1.29 is 19.1 Å². The van der Waals surface area contributed by atoms with Crippen molar-refractivity contribution >= 4 is 12.1 Å². The lowest BCUT2D eigenvalue weighted by Gasteiger charge is -2.30. The van der Waals surface area contributed by atoms with Gasteiger partial charge in [-0.2, -0.15) is 0 Å². The van der Waals surface area contributed by atoms with Crippen LogP contribution in [0.3, 0.4) is 0 Å². The van der Waals surface area contributed by atoms with Gasteiger partial charge in [0.1, 0.15) is 6.61 Å². The summed E-state index contributed by atoms with van der Waals surface area (Å²) in [7, 11) is 0. The van der Waals surface area contributed by atoms with E-state index in [2.05, 4.69) is 0 Å². The van der Waals surface area contributed by atoms with Crippen LogP contribution >= 0.6 is 0 Å². The Hall–Kier alpha value is -2.30. The fourth-order valence-corrected chi connectivity index (χ4v) is 2.55. The summed E-state index contributed by atoms with van der Waals surface area (Å²) in [6, 6.07) is 9.61. The number of rotatable bonds is 5. The van der Waals surface area contributed by atoms with E-state index in [-0.39, 0.29) is 24.6 Å². The highest BCUT2D eigenvalue weighted by molar-refractivity contribution is 5.81. The minimum Gasteiger partial charge on any atom is -0.463 e. The van der Waals surface area contributed by atoms with Crippen molar-refractivity contribution in [3.63, 3.8) is 0 Å². The van der Waals surface area contributed by atoms with Gasteiger partial charge in [-0.05, 0) is 31.2 Å². The molecule has 0 saturated carbocycles. The molecule has 1 aliphatic rings. The van der Waals surface area contributed by atoms with Crippen LogP contribution in [0.4, 0.5) is 4.79 Å². The number of benzene rings is 1. The van der Waals surface area contributed by atoms with Gasteiger partial charge in [-0.25, -0.2) is 9.59 Å². The third-order valence-corrected chi connectivity index (χ3v) is 3.71. The average molecular weight is 317 g/mol. The van der Waals surface area contributed by atoms with Gasteiger partial charge >= 0.3 is 12.1 Å². The molecule has 23 heavy (non-hydrogen) atoms. The molecule has 0 aliphatic carbocycles. The van der Waals surface area contributed by atoms with Gasteiger partial charge in [0.25, 0.3) is 0 Å². The van der Waals surface area contributed by atoms with E-state index in [9.17, 15) is 9.59 Å². The lowest BCUT2D eigenvalue weighted by molar-refractivity contribution is -0.137. The standard InChI is InChI=1S/C18H23NO4/c1-2-22-17(20)11-10-15-9-6-12-19(13-15)18(21)23-14-16-7-4-3-5-8-16/h3-5,7-8,10-11,15H,2,6,9,12-14H2,1H3/b11-10+. The molecule has 1 saturated heterocycles. The summed E-state index contributed by atoms with van der Waals surface area (Å²) >= 11 is 0. The van der Waals surface area contributed by atoms with Gasteiger partial charge in [0.05, 0.1) is 6.61 Å². The predicted octanol–water partition coefficient (Wildman–Crippen LogP) is 3.15. The Labute approximate surface area is 136 Å². The maximum atomic E-state index is 12.1. The van der Waals surface area contributed by atoms with Crippen LogP contribution in [0, 0.1) is 5.92 Å². The summed E-state index contributed by atoms with van der Waals surface area (Å²) in [6.07, 6.45) is 4.83. The minimum absolute atomic E-state index is 0.164. The maximum absolute atomic E-state index is 12.1. The Kier molecular flexibility index (Phi) is 6.66. The largest absolute Gasteiger partial charge is 0.463 e. The number of esters is 1. The molecule has 1 aromatic carbocycles. The molecular weight excluding hydrogens is 294 g/mol. The zero-order valence-corrected chi connectivity index (χ0v) is 13.4. The van der Waals surface area contributed by atoms with Gasteiger partial charge < -0.3 is 14.4 Å². The predicted molar refractivity (Wildman–Crippen MR) is 86.7 cm³/mol. The number of hydrogen-bond donors (Lipinski definition) is 0. The van der Waals surface area contributed by atoms with Crippen LogP contribution in [0.25, 0.3) is 0 Å². The van der Waals surface area contributed by atoms with Crippen molar-refractivity contribution in [3.05, 3.63) is 48.0 Å². The first kappa shape index (κ1) is 17.1. The SMILES string of the molecule is CCOC(=O)/C=C/C1CCCN(C(=O)OCc2ccccc2)C1. The number of hydrogen-bond acceptors (Lipinski definition) is 4. The molecule has 1 unspecified atom stereocenters. The number of piperidine rings is 1. The molecular formula is C18H23NO4. The van der Waals surface area contributed by atoms with Gasteiger partial charge in [0.15, 0.2) is 0 Å². The van der Waals surface area contributed by atoms with Crippen LogP contribution in [0.15, 0.2) is 42.5 Å². The van der Waals surface area contributed by atoms with Crippen molar-refractivity contribution in [1.82, 2.24) is 4.90 Å². The van der Waals surface area contributed by atoms with E-state index in [4.69, 9.17) is 9.47 Å². The Morgan fingerprint density at radius 2 is 2.04 bits per heavy atom. The van der Waals surface area contributed by atoms with Gasteiger partial charge in [-0.15, -0.1) is 0 Å². The Morgan fingerprint density at radius 3 is 2.78 bits per heavy atom. The first-order valence-corrected chi connectivity index (χ1v) is 7.99. The number of carbonyl (C=O) groups is 2. The number of amides is 1. The highest BCUT2D eigenvalue weighted by atomic mass is 16.6. The fraction of sp³-hybridized carbons (Fsp3) is 0.444. The summed E-state index contributed by atoms with van der Waals surface area (Å²) in [4.78, 5) is 25.2. The Morgan fingerprint density at radius 1 is 1.26 bits per heavy atom. The second kappa shape index (κ2) is 8.98. The summed E-state index contributed by atoms with van der Waals surface area (Å²) in [5, 5.41) is 0. The third-order valence-electron chi connectivity index (χ3n) is 3.71.